The van der Waals surface area contributed by atoms with Crippen LogP contribution in [0.5, 0.6) is 0 Å². The van der Waals surface area contributed by atoms with E-state index in [1.807, 2.05) is 25.6 Å². The van der Waals surface area contributed by atoms with Gasteiger partial charge >= 0.3 is 0 Å². The average molecular weight is 104 g/mol. The Morgan fingerprint density at radius 2 is 1.33 bits per heavy atom. The second kappa shape index (κ2) is 5.35. The highest BCUT2D eigenvalue weighted by Gasteiger charge is 1.95. The Morgan fingerprint density at radius 3 is 1.33 bits per heavy atom. The molecule has 0 N–H and O–H groups in total. The summed E-state index contributed by atoms with van der Waals surface area (Å²) < 4.78 is 0. The van der Waals surface area contributed by atoms with Crippen molar-refractivity contribution in [2.75, 3.05) is 11.5 Å². The van der Waals surface area contributed by atoms with Crippen LogP contribution in [0.2, 0.25) is 0 Å². The lowest BCUT2D eigenvalue weighted by molar-refractivity contribution is 1.06. The molecule has 1 heteroatoms. The molecular formula is C5H12S. The fraction of sp³-hybridized carbons (Fsp3) is 1.00. The topological polar surface area (TPSA) is 0 Å². The van der Waals surface area contributed by atoms with E-state index in [0.717, 1.165) is 0 Å². The van der Waals surface area contributed by atoms with Crippen molar-refractivity contribution in [3.63, 3.8) is 0 Å². The number of hydrogen-bond donors (Lipinski definition) is 0. The summed E-state index contributed by atoms with van der Waals surface area (Å²) >= 11 is 2.04. The first-order chi connectivity index (χ1) is 3.00. The molecule has 6 heavy (non-hydrogen) atoms. The molecule has 0 atom stereocenters. The first-order valence-electron chi connectivity index (χ1n) is 2.58. The van der Waals surface area contributed by atoms with Gasteiger partial charge in [-0.3, -0.25) is 0 Å². The Labute approximate surface area is 44.3 Å². The van der Waals surface area contributed by atoms with E-state index in [1.165, 1.54) is 17.9 Å². The van der Waals surface area contributed by atoms with E-state index >= 15 is 0 Å². The molecule has 0 radical (unpaired) electrons. The summed E-state index contributed by atoms with van der Waals surface area (Å²) in [7, 11) is 0. The number of rotatable bonds is 0. The quantitative estimate of drug-likeness (QED) is 0.454. The lowest BCUT2D eigenvalue weighted by Crippen LogP contribution is -1.94. The van der Waals surface area contributed by atoms with Gasteiger partial charge in [-0.1, -0.05) is 13.8 Å². The van der Waals surface area contributed by atoms with Gasteiger partial charge in [0.15, 0.2) is 0 Å². The van der Waals surface area contributed by atoms with Crippen LogP contribution in [0.1, 0.15) is 20.3 Å². The second-order valence-corrected chi connectivity index (χ2v) is 2.19. The van der Waals surface area contributed by atoms with Crippen molar-refractivity contribution in [2.45, 2.75) is 20.3 Å². The van der Waals surface area contributed by atoms with E-state index < -0.39 is 0 Å². The fourth-order valence-corrected chi connectivity index (χ4v) is 0.433. The van der Waals surface area contributed by atoms with Gasteiger partial charge in [-0.25, -0.2) is 0 Å². The predicted octanol–water partition coefficient (Wildman–Crippen LogP) is 2.15. The molecule has 1 aliphatic heterocycles. The van der Waals surface area contributed by atoms with E-state index in [9.17, 15) is 0 Å². The van der Waals surface area contributed by atoms with Crippen LogP contribution in [0.3, 0.4) is 0 Å². The van der Waals surface area contributed by atoms with Crippen LogP contribution in [-0.2, 0) is 0 Å². The van der Waals surface area contributed by atoms with Crippen molar-refractivity contribution in [1.82, 2.24) is 0 Å². The van der Waals surface area contributed by atoms with Gasteiger partial charge in [0.05, 0.1) is 0 Å². The van der Waals surface area contributed by atoms with Crippen molar-refractivity contribution in [3.05, 3.63) is 0 Å². The Morgan fingerprint density at radius 1 is 1.17 bits per heavy atom. The third kappa shape index (κ3) is 2.58. The molecule has 0 nitrogen and oxygen atoms in total. The lowest BCUT2D eigenvalue weighted by Gasteiger charge is -2.05. The third-order valence-corrected chi connectivity index (χ3v) is 1.73. The van der Waals surface area contributed by atoms with Gasteiger partial charge in [0.1, 0.15) is 0 Å². The molecule has 1 rings (SSSR count). The summed E-state index contributed by atoms with van der Waals surface area (Å²) in [6, 6.07) is 0. The molecule has 0 aromatic carbocycles. The highest BCUT2D eigenvalue weighted by Crippen LogP contribution is 2.14. The van der Waals surface area contributed by atoms with E-state index in [-0.39, 0.29) is 0 Å². The molecule has 0 saturated carbocycles. The summed E-state index contributed by atoms with van der Waals surface area (Å²) in [5.41, 5.74) is 0. The molecule has 0 aromatic heterocycles. The van der Waals surface area contributed by atoms with Crippen molar-refractivity contribution in [3.8, 4) is 0 Å². The standard InChI is InChI=1S/C3H6S.C2H6/c1-2-4-3-1;1-2/h1-3H2;1-2H3. The molecular weight excluding hydrogens is 92.1 g/mol. The first-order valence-corrected chi connectivity index (χ1v) is 3.73. The highest BCUT2D eigenvalue weighted by molar-refractivity contribution is 8.00. The van der Waals surface area contributed by atoms with Crippen LogP contribution in [0.15, 0.2) is 0 Å². The van der Waals surface area contributed by atoms with Gasteiger partial charge in [0, 0.05) is 0 Å². The van der Waals surface area contributed by atoms with Crippen molar-refractivity contribution in [1.29, 1.82) is 0 Å². The Bertz CT molecular complexity index is 11.9. The molecule has 1 aliphatic rings. The maximum atomic E-state index is 2.04. The zero-order valence-corrected chi connectivity index (χ0v) is 5.35. The highest BCUT2D eigenvalue weighted by atomic mass is 32.2. The molecule has 38 valence electrons. The minimum atomic E-state index is 1.42. The van der Waals surface area contributed by atoms with Crippen LogP contribution in [-0.4, -0.2) is 11.5 Å². The smallest absolute Gasteiger partial charge is 0.00597 e. The Hall–Kier alpha value is 0.350. The maximum Gasteiger partial charge on any atom is -0.00597 e. The van der Waals surface area contributed by atoms with Gasteiger partial charge in [-0.05, 0) is 17.9 Å². The lowest BCUT2D eigenvalue weighted by atomic mass is 10.6. The normalized spacial score (nSPS) is 17.0. The van der Waals surface area contributed by atoms with Crippen LogP contribution >= 0.6 is 11.8 Å². The van der Waals surface area contributed by atoms with Crippen molar-refractivity contribution >= 4 is 11.8 Å². The average Bonchev–Trinajstić information content (AvgIpc) is 1.36. The molecule has 1 saturated heterocycles. The van der Waals surface area contributed by atoms with Crippen molar-refractivity contribution < 1.29 is 0 Å². The third-order valence-electron chi connectivity index (χ3n) is 0.577. The van der Waals surface area contributed by atoms with E-state index in [4.69, 9.17) is 0 Å². The largest absolute Gasteiger partial charge is 0.162 e. The molecule has 0 amide bonds. The summed E-state index contributed by atoms with van der Waals surface area (Å²) in [4.78, 5) is 0. The SMILES string of the molecule is C1CSC1.CC. The fourth-order valence-electron chi connectivity index (χ4n) is 0.144. The first kappa shape index (κ1) is 6.35. The van der Waals surface area contributed by atoms with E-state index in [0.29, 0.717) is 0 Å². The van der Waals surface area contributed by atoms with E-state index in [1.54, 1.807) is 0 Å². The van der Waals surface area contributed by atoms with Crippen LogP contribution in [0.4, 0.5) is 0 Å². The summed E-state index contributed by atoms with van der Waals surface area (Å²) in [5.74, 6) is 2.83. The van der Waals surface area contributed by atoms with Gasteiger partial charge < -0.3 is 0 Å². The van der Waals surface area contributed by atoms with E-state index in [2.05, 4.69) is 0 Å². The summed E-state index contributed by atoms with van der Waals surface area (Å²) in [5, 5.41) is 0. The molecule has 0 bridgehead atoms. The minimum Gasteiger partial charge on any atom is -0.162 e. The molecule has 0 unspecified atom stereocenters. The van der Waals surface area contributed by atoms with Gasteiger partial charge in [0.25, 0.3) is 0 Å². The Balaban J connectivity index is 0.000000112. The minimum absolute atomic E-state index is 1.42. The van der Waals surface area contributed by atoms with Gasteiger partial charge in [-0.2, -0.15) is 11.8 Å². The van der Waals surface area contributed by atoms with Gasteiger partial charge in [-0.15, -0.1) is 0 Å². The molecule has 1 heterocycles. The second-order valence-electron chi connectivity index (χ2n) is 0.966. The summed E-state index contributed by atoms with van der Waals surface area (Å²) in [6.07, 6.45) is 1.46. The monoisotopic (exact) mass is 104 g/mol. The number of thioether (sulfide) groups is 1. The molecule has 0 spiro atoms. The predicted molar refractivity (Wildman–Crippen MR) is 33.3 cm³/mol. The Kier molecular flexibility index (Phi) is 5.66. The van der Waals surface area contributed by atoms with Gasteiger partial charge in [0.2, 0.25) is 0 Å². The summed E-state index contributed by atoms with van der Waals surface area (Å²) in [6.45, 7) is 4.00. The van der Waals surface area contributed by atoms with Crippen LogP contribution in [0, 0.1) is 0 Å². The zero-order chi connectivity index (χ0) is 4.83. The van der Waals surface area contributed by atoms with Crippen molar-refractivity contribution in [2.24, 2.45) is 0 Å². The maximum absolute atomic E-state index is 2.04. The zero-order valence-electron chi connectivity index (χ0n) is 4.53. The molecule has 0 aromatic rings. The molecule has 1 fully saturated rings. The molecule has 0 aliphatic carbocycles. The van der Waals surface area contributed by atoms with Crippen LogP contribution < -0.4 is 0 Å². The van der Waals surface area contributed by atoms with Crippen LogP contribution in [0.25, 0.3) is 0 Å². The number of hydrogen-bond acceptors (Lipinski definition) is 1.